The molecule has 0 aromatic carbocycles. The van der Waals surface area contributed by atoms with Gasteiger partial charge < -0.3 is 14.0 Å². The maximum absolute atomic E-state index is 10.6. The van der Waals surface area contributed by atoms with Gasteiger partial charge in [0.2, 0.25) is 0 Å². The third-order valence-corrected chi connectivity index (χ3v) is 3.93. The Bertz CT molecular complexity index is 226. The summed E-state index contributed by atoms with van der Waals surface area (Å²) in [4.78, 5) is 10.6. The van der Waals surface area contributed by atoms with Crippen LogP contribution in [0.1, 0.15) is 34.6 Å². The van der Waals surface area contributed by atoms with Crippen LogP contribution in [0.25, 0.3) is 0 Å². The Kier molecular flexibility index (Phi) is 6.47. The van der Waals surface area contributed by atoms with Crippen LogP contribution in [0.4, 0.5) is 0 Å². The minimum Gasteiger partial charge on any atom is -0.478 e. The van der Waals surface area contributed by atoms with Crippen molar-refractivity contribution in [3.8, 4) is 0 Å². The molecule has 88 valence electrons. The fourth-order valence-electron chi connectivity index (χ4n) is 0.923. The first-order chi connectivity index (χ1) is 6.82. The van der Waals surface area contributed by atoms with Crippen molar-refractivity contribution in [2.24, 2.45) is 0 Å². The lowest BCUT2D eigenvalue weighted by Gasteiger charge is -2.19. The van der Waals surface area contributed by atoms with Crippen molar-refractivity contribution < 1.29 is 18.8 Å². The van der Waals surface area contributed by atoms with Crippen LogP contribution in [0.15, 0.2) is 11.3 Å². The zero-order valence-electron chi connectivity index (χ0n) is 9.98. The Hall–Kier alpha value is -0.653. The third kappa shape index (κ3) is 7.30. The van der Waals surface area contributed by atoms with E-state index in [0.29, 0.717) is 0 Å². The Morgan fingerprint density at radius 3 is 1.87 bits per heavy atom. The molecule has 0 aromatic heterocycles. The van der Waals surface area contributed by atoms with Gasteiger partial charge in [0.15, 0.2) is 0 Å². The molecule has 0 fully saturated rings. The average molecular weight is 232 g/mol. The first-order valence-electron chi connectivity index (χ1n) is 5.05. The summed E-state index contributed by atoms with van der Waals surface area (Å²) in [7, 11) is -2.01. The van der Waals surface area contributed by atoms with Crippen LogP contribution in [0.5, 0.6) is 0 Å². The average Bonchev–Trinajstić information content (AvgIpc) is 2.00. The van der Waals surface area contributed by atoms with Crippen LogP contribution in [-0.2, 0) is 13.6 Å². The van der Waals surface area contributed by atoms with Gasteiger partial charge in [0.25, 0.3) is 0 Å². The van der Waals surface area contributed by atoms with E-state index < -0.39 is 15.3 Å². The molecule has 0 bridgehead atoms. The molecule has 0 aromatic rings. The predicted octanol–water partition coefficient (Wildman–Crippen LogP) is 1.63. The van der Waals surface area contributed by atoms with Crippen molar-refractivity contribution in [1.29, 1.82) is 0 Å². The van der Waals surface area contributed by atoms with Crippen LogP contribution in [0.2, 0.25) is 0 Å². The first kappa shape index (κ1) is 14.3. The monoisotopic (exact) mass is 232 g/mol. The lowest BCUT2D eigenvalue weighted by atomic mass is 10.4. The molecule has 5 heteroatoms. The second-order valence-corrected chi connectivity index (χ2v) is 5.51. The summed E-state index contributed by atoms with van der Waals surface area (Å²) >= 11 is 0. The number of aliphatic carboxylic acids is 1. The topological polar surface area (TPSA) is 55.8 Å². The van der Waals surface area contributed by atoms with Crippen LogP contribution in [0, 0.1) is 0 Å². The highest BCUT2D eigenvalue weighted by Gasteiger charge is 2.16. The van der Waals surface area contributed by atoms with Gasteiger partial charge in [-0.3, -0.25) is 0 Å². The molecule has 0 spiro atoms. The van der Waals surface area contributed by atoms with Crippen molar-refractivity contribution in [3.05, 3.63) is 11.3 Å². The van der Waals surface area contributed by atoms with Crippen LogP contribution >= 0.6 is 0 Å². The minimum absolute atomic E-state index is 0.0539. The molecule has 0 saturated heterocycles. The Morgan fingerprint density at radius 1 is 1.20 bits per heavy atom. The maximum Gasteiger partial charge on any atom is 0.349 e. The van der Waals surface area contributed by atoms with Gasteiger partial charge in [-0.15, -0.1) is 0 Å². The van der Waals surface area contributed by atoms with Crippen LogP contribution in [-0.4, -0.2) is 32.6 Å². The quantitative estimate of drug-likeness (QED) is 0.558. The van der Waals surface area contributed by atoms with Gasteiger partial charge in [0.05, 0.1) is 0 Å². The molecular weight excluding hydrogens is 212 g/mol. The van der Waals surface area contributed by atoms with E-state index in [1.165, 1.54) is 0 Å². The molecule has 0 amide bonds. The largest absolute Gasteiger partial charge is 0.478 e. The standard InChI is InChI=1S/C10H20O4Si/c1-7(2)13-15(14-8(3)4)6-9(5)10(11)12/h6-8,15H,1-5H3,(H,11,12). The zero-order chi connectivity index (χ0) is 12.0. The lowest BCUT2D eigenvalue weighted by molar-refractivity contribution is -0.132. The third-order valence-electron chi connectivity index (χ3n) is 1.54. The van der Waals surface area contributed by atoms with Crippen molar-refractivity contribution >= 4 is 15.3 Å². The number of hydrogen-bond acceptors (Lipinski definition) is 3. The van der Waals surface area contributed by atoms with E-state index >= 15 is 0 Å². The minimum atomic E-state index is -2.01. The van der Waals surface area contributed by atoms with Gasteiger partial charge >= 0.3 is 15.3 Å². The van der Waals surface area contributed by atoms with E-state index in [1.54, 1.807) is 12.6 Å². The van der Waals surface area contributed by atoms with E-state index in [1.807, 2.05) is 27.7 Å². The second-order valence-electron chi connectivity index (χ2n) is 3.89. The summed E-state index contributed by atoms with van der Waals surface area (Å²) in [5, 5.41) is 8.74. The van der Waals surface area contributed by atoms with Crippen LogP contribution < -0.4 is 0 Å². The number of rotatable bonds is 6. The highest BCUT2D eigenvalue weighted by molar-refractivity contribution is 6.51. The molecule has 0 atom stereocenters. The maximum atomic E-state index is 10.6. The molecule has 4 nitrogen and oxygen atoms in total. The summed E-state index contributed by atoms with van der Waals surface area (Å²) in [5.74, 6) is -0.924. The second kappa shape index (κ2) is 6.76. The van der Waals surface area contributed by atoms with Gasteiger partial charge in [0.1, 0.15) is 0 Å². The molecule has 0 heterocycles. The van der Waals surface area contributed by atoms with Crippen molar-refractivity contribution in [3.63, 3.8) is 0 Å². The van der Waals surface area contributed by atoms with Gasteiger partial charge in [-0.05, 0) is 40.3 Å². The Labute approximate surface area is 92.7 Å². The SMILES string of the molecule is CC(=C[SiH](OC(C)C)OC(C)C)C(=O)O. The predicted molar refractivity (Wildman–Crippen MR) is 61.0 cm³/mol. The van der Waals surface area contributed by atoms with Crippen molar-refractivity contribution in [2.75, 3.05) is 0 Å². The number of carboxylic acid groups (broad SMARTS) is 1. The van der Waals surface area contributed by atoms with Gasteiger partial charge in [-0.25, -0.2) is 4.79 Å². The van der Waals surface area contributed by atoms with Crippen molar-refractivity contribution in [2.45, 2.75) is 46.8 Å². The number of carbonyl (C=O) groups is 1. The summed E-state index contributed by atoms with van der Waals surface area (Å²) in [5.41, 5.74) is 1.90. The fourth-order valence-corrected chi connectivity index (χ4v) is 2.77. The smallest absolute Gasteiger partial charge is 0.349 e. The zero-order valence-corrected chi connectivity index (χ0v) is 11.1. The normalized spacial score (nSPS) is 12.9. The summed E-state index contributed by atoms with van der Waals surface area (Å²) in [6.07, 6.45) is 0.108. The van der Waals surface area contributed by atoms with E-state index in [9.17, 15) is 4.79 Å². The molecule has 0 aliphatic rings. The molecular formula is C10H20O4Si. The molecule has 0 aliphatic carbocycles. The number of carboxylic acids is 1. The highest BCUT2D eigenvalue weighted by atomic mass is 28.3. The van der Waals surface area contributed by atoms with Gasteiger partial charge in [-0.2, -0.15) is 0 Å². The molecule has 15 heavy (non-hydrogen) atoms. The molecule has 0 radical (unpaired) electrons. The highest BCUT2D eigenvalue weighted by Crippen LogP contribution is 2.04. The van der Waals surface area contributed by atoms with Crippen molar-refractivity contribution in [1.82, 2.24) is 0 Å². The van der Waals surface area contributed by atoms with Crippen LogP contribution in [0.3, 0.4) is 0 Å². The van der Waals surface area contributed by atoms with E-state index in [2.05, 4.69) is 0 Å². The van der Waals surface area contributed by atoms with E-state index in [-0.39, 0.29) is 17.8 Å². The fraction of sp³-hybridized carbons (Fsp3) is 0.700. The summed E-state index contributed by atoms with van der Waals surface area (Å²) < 4.78 is 11.1. The number of hydrogen-bond donors (Lipinski definition) is 1. The molecule has 0 unspecified atom stereocenters. The molecule has 0 rings (SSSR count). The van der Waals surface area contributed by atoms with Gasteiger partial charge in [-0.1, -0.05) is 0 Å². The Morgan fingerprint density at radius 2 is 1.60 bits per heavy atom. The van der Waals surface area contributed by atoms with E-state index in [0.717, 1.165) is 0 Å². The lowest BCUT2D eigenvalue weighted by Crippen LogP contribution is -2.28. The molecule has 0 saturated carbocycles. The van der Waals surface area contributed by atoms with Gasteiger partial charge in [0, 0.05) is 17.8 Å². The first-order valence-corrected chi connectivity index (χ1v) is 6.66. The summed E-state index contributed by atoms with van der Waals surface area (Å²) in [6, 6.07) is 0. The van der Waals surface area contributed by atoms with E-state index in [4.69, 9.17) is 14.0 Å². The summed E-state index contributed by atoms with van der Waals surface area (Å²) in [6.45, 7) is 9.19. The molecule has 0 aliphatic heterocycles. The Balaban J connectivity index is 4.48. The molecule has 1 N–H and O–H groups in total.